The lowest BCUT2D eigenvalue weighted by Gasteiger charge is -2.39. The van der Waals surface area contributed by atoms with Gasteiger partial charge in [-0.05, 0) is 37.6 Å². The Bertz CT molecular complexity index is 812. The van der Waals surface area contributed by atoms with E-state index in [1.165, 1.54) is 16.0 Å². The van der Waals surface area contributed by atoms with Crippen molar-refractivity contribution in [2.24, 2.45) is 0 Å². The summed E-state index contributed by atoms with van der Waals surface area (Å²) in [6.45, 7) is 6.49. The van der Waals surface area contributed by atoms with Gasteiger partial charge in [0.2, 0.25) is 0 Å². The summed E-state index contributed by atoms with van der Waals surface area (Å²) in [5.74, 6) is -1.17. The van der Waals surface area contributed by atoms with E-state index in [9.17, 15) is 9.90 Å². The Kier molecular flexibility index (Phi) is 6.42. The van der Waals surface area contributed by atoms with Crippen molar-refractivity contribution in [2.45, 2.75) is 42.2 Å². The Hall–Kier alpha value is -2.02. The monoisotopic (exact) mass is 386 g/mol. The molecular formula is C21H26N2O3S. The third-order valence-electron chi connectivity index (χ3n) is 4.86. The zero-order valence-corrected chi connectivity index (χ0v) is 16.5. The molecule has 1 aliphatic rings. The van der Waals surface area contributed by atoms with Crippen LogP contribution in [0.25, 0.3) is 0 Å². The normalized spacial score (nSPS) is 18.3. The van der Waals surface area contributed by atoms with Crippen LogP contribution in [0.1, 0.15) is 17.5 Å². The van der Waals surface area contributed by atoms with Crippen LogP contribution in [0.5, 0.6) is 0 Å². The molecule has 144 valence electrons. The van der Waals surface area contributed by atoms with Gasteiger partial charge in [0.05, 0.1) is 5.69 Å². The lowest BCUT2D eigenvalue weighted by atomic mass is 10.0. The first-order chi connectivity index (χ1) is 13.0. The molecule has 6 heteroatoms. The summed E-state index contributed by atoms with van der Waals surface area (Å²) in [6, 6.07) is 14.6. The van der Waals surface area contributed by atoms with Crippen LogP contribution in [0.15, 0.2) is 52.3 Å². The molecule has 2 atom stereocenters. The van der Waals surface area contributed by atoms with Crippen molar-refractivity contribution in [3.8, 4) is 0 Å². The van der Waals surface area contributed by atoms with Crippen LogP contribution in [-0.4, -0.2) is 48.0 Å². The third-order valence-corrected chi connectivity index (χ3v) is 6.10. The Morgan fingerprint density at radius 2 is 2.04 bits per heavy atom. The van der Waals surface area contributed by atoms with Crippen molar-refractivity contribution in [1.82, 2.24) is 5.32 Å². The molecule has 1 saturated heterocycles. The fourth-order valence-corrected chi connectivity index (χ4v) is 4.49. The third kappa shape index (κ3) is 4.83. The fourth-order valence-electron chi connectivity index (χ4n) is 3.46. The number of carboxylic acid groups (broad SMARTS) is 1. The summed E-state index contributed by atoms with van der Waals surface area (Å²) < 4.78 is 0. The van der Waals surface area contributed by atoms with Gasteiger partial charge >= 0.3 is 5.97 Å². The molecule has 27 heavy (non-hydrogen) atoms. The summed E-state index contributed by atoms with van der Waals surface area (Å²) in [5.41, 5.74) is 3.58. The lowest BCUT2D eigenvalue weighted by Crippen LogP contribution is -2.53. The maximum atomic E-state index is 11.1. The molecule has 3 rings (SSSR count). The molecular weight excluding hydrogens is 360 g/mol. The number of nitrogens with zero attached hydrogens (tertiary/aromatic N) is 1. The first-order valence-electron chi connectivity index (χ1n) is 9.18. The molecule has 0 radical (unpaired) electrons. The number of anilines is 1. The van der Waals surface area contributed by atoms with E-state index >= 15 is 0 Å². The second-order valence-electron chi connectivity index (χ2n) is 6.98. The first kappa shape index (κ1) is 19.7. The number of carbonyl (C=O) groups is 1. The molecule has 0 amide bonds. The number of hydrogen-bond acceptors (Lipinski definition) is 5. The molecule has 0 spiro atoms. The topological polar surface area (TPSA) is 72.8 Å². The molecule has 0 bridgehead atoms. The highest BCUT2D eigenvalue weighted by Crippen LogP contribution is 2.38. The largest absolute Gasteiger partial charge is 0.479 e. The quantitative estimate of drug-likeness (QED) is 0.709. The van der Waals surface area contributed by atoms with Crippen LogP contribution in [0, 0.1) is 13.8 Å². The van der Waals surface area contributed by atoms with Gasteiger partial charge in [-0.1, -0.05) is 41.6 Å². The van der Waals surface area contributed by atoms with E-state index in [1.807, 2.05) is 12.1 Å². The zero-order chi connectivity index (χ0) is 19.4. The predicted octanol–water partition coefficient (Wildman–Crippen LogP) is 3.07. The minimum Gasteiger partial charge on any atom is -0.479 e. The molecule has 2 aromatic carbocycles. The average molecular weight is 387 g/mol. The van der Waals surface area contributed by atoms with E-state index in [2.05, 4.69) is 54.4 Å². The number of nitrogens with one attached hydrogen (secondary N) is 1. The number of piperazine rings is 1. The van der Waals surface area contributed by atoms with Crippen LogP contribution in [0.3, 0.4) is 0 Å². The predicted molar refractivity (Wildman–Crippen MR) is 109 cm³/mol. The number of para-hydroxylation sites is 1. The van der Waals surface area contributed by atoms with Gasteiger partial charge in [-0.15, -0.1) is 0 Å². The van der Waals surface area contributed by atoms with Crippen molar-refractivity contribution >= 4 is 23.4 Å². The highest BCUT2D eigenvalue weighted by Gasteiger charge is 2.28. The highest BCUT2D eigenvalue weighted by molar-refractivity contribution is 7.99. The lowest BCUT2D eigenvalue weighted by molar-refractivity contribution is -0.147. The molecule has 0 aliphatic carbocycles. The number of rotatable bonds is 6. The molecule has 0 aromatic heterocycles. The Balaban J connectivity index is 1.87. The Morgan fingerprint density at radius 3 is 2.78 bits per heavy atom. The van der Waals surface area contributed by atoms with Gasteiger partial charge in [0.1, 0.15) is 0 Å². The summed E-state index contributed by atoms with van der Waals surface area (Å²) in [6.07, 6.45) is -1.15. The SMILES string of the molecule is Cc1ccc(Sc2ccccc2N2CCNCC2CC(O)C(=O)O)c(C)c1. The molecule has 1 heterocycles. The molecule has 5 nitrogen and oxygen atoms in total. The van der Waals surface area contributed by atoms with Gasteiger partial charge in [0.15, 0.2) is 6.10 Å². The summed E-state index contributed by atoms with van der Waals surface area (Å²) in [5, 5.41) is 22.2. The highest BCUT2D eigenvalue weighted by atomic mass is 32.2. The van der Waals surface area contributed by atoms with E-state index in [0.717, 1.165) is 23.7 Å². The number of hydrogen-bond donors (Lipinski definition) is 3. The van der Waals surface area contributed by atoms with Gasteiger partial charge in [-0.3, -0.25) is 0 Å². The van der Waals surface area contributed by atoms with Crippen LogP contribution in [0.2, 0.25) is 0 Å². The standard InChI is InChI=1S/C21H26N2O3S/c1-14-7-8-19(15(2)11-14)27-20-6-4-3-5-17(20)23-10-9-22-13-16(23)12-18(24)21(25)26/h3-8,11,16,18,22,24H,9-10,12-13H2,1-2H3,(H,25,26). The molecule has 1 aliphatic heterocycles. The van der Waals surface area contributed by atoms with Crippen LogP contribution in [-0.2, 0) is 4.79 Å². The van der Waals surface area contributed by atoms with E-state index in [4.69, 9.17) is 5.11 Å². The second kappa shape index (κ2) is 8.78. The summed E-state index contributed by atoms with van der Waals surface area (Å²) in [7, 11) is 0. The molecule has 0 saturated carbocycles. The van der Waals surface area contributed by atoms with Gasteiger partial charge in [0.25, 0.3) is 0 Å². The second-order valence-corrected chi connectivity index (χ2v) is 8.06. The van der Waals surface area contributed by atoms with Crippen molar-refractivity contribution in [2.75, 3.05) is 24.5 Å². The molecule has 3 N–H and O–H groups in total. The minimum atomic E-state index is -1.35. The van der Waals surface area contributed by atoms with Crippen molar-refractivity contribution in [3.63, 3.8) is 0 Å². The maximum Gasteiger partial charge on any atom is 0.332 e. The molecule has 2 unspecified atom stereocenters. The number of aliphatic hydroxyl groups is 1. The van der Waals surface area contributed by atoms with E-state index < -0.39 is 12.1 Å². The molecule has 1 fully saturated rings. The van der Waals surface area contributed by atoms with Crippen LogP contribution >= 0.6 is 11.8 Å². The van der Waals surface area contributed by atoms with E-state index in [0.29, 0.717) is 6.54 Å². The van der Waals surface area contributed by atoms with Crippen molar-refractivity contribution in [3.05, 3.63) is 53.6 Å². The average Bonchev–Trinajstić information content (AvgIpc) is 2.65. The number of benzene rings is 2. The van der Waals surface area contributed by atoms with Crippen molar-refractivity contribution < 1.29 is 15.0 Å². The summed E-state index contributed by atoms with van der Waals surface area (Å²) in [4.78, 5) is 15.7. The van der Waals surface area contributed by atoms with E-state index in [1.54, 1.807) is 11.8 Å². The Labute approximate surface area is 164 Å². The fraction of sp³-hybridized carbons (Fsp3) is 0.381. The van der Waals surface area contributed by atoms with Gasteiger partial charge in [-0.25, -0.2) is 4.79 Å². The summed E-state index contributed by atoms with van der Waals surface area (Å²) >= 11 is 1.73. The van der Waals surface area contributed by atoms with Gasteiger partial charge in [-0.2, -0.15) is 0 Å². The first-order valence-corrected chi connectivity index (χ1v) is 9.99. The van der Waals surface area contributed by atoms with Crippen molar-refractivity contribution in [1.29, 1.82) is 0 Å². The number of carboxylic acids is 1. The maximum absolute atomic E-state index is 11.1. The number of aliphatic hydroxyl groups excluding tert-OH is 1. The number of aliphatic carboxylic acids is 1. The van der Waals surface area contributed by atoms with Gasteiger partial charge < -0.3 is 20.4 Å². The van der Waals surface area contributed by atoms with Gasteiger partial charge in [0, 0.05) is 41.9 Å². The van der Waals surface area contributed by atoms with E-state index in [-0.39, 0.29) is 12.5 Å². The Morgan fingerprint density at radius 1 is 1.26 bits per heavy atom. The molecule has 2 aromatic rings. The zero-order valence-electron chi connectivity index (χ0n) is 15.7. The number of aryl methyl sites for hydroxylation is 2. The smallest absolute Gasteiger partial charge is 0.332 e. The van der Waals surface area contributed by atoms with Crippen LogP contribution < -0.4 is 10.2 Å². The van der Waals surface area contributed by atoms with Crippen LogP contribution in [0.4, 0.5) is 5.69 Å². The minimum absolute atomic E-state index is 0.0642.